The third kappa shape index (κ3) is 2.28. The zero-order valence-electron chi connectivity index (χ0n) is 10.2. The molecule has 4 nitrogen and oxygen atoms in total. The molecule has 94 valence electrons. The molecule has 0 saturated heterocycles. The quantitative estimate of drug-likeness (QED) is 0.873. The van der Waals surface area contributed by atoms with Crippen molar-refractivity contribution in [2.45, 2.75) is 20.0 Å². The molecule has 1 unspecified atom stereocenters. The lowest BCUT2D eigenvalue weighted by molar-refractivity contribution is 0.0655. The summed E-state index contributed by atoms with van der Waals surface area (Å²) >= 11 is 0. The molecule has 0 radical (unpaired) electrons. The number of hydrogen-bond donors (Lipinski definition) is 2. The van der Waals surface area contributed by atoms with Gasteiger partial charge in [0.2, 0.25) is 5.76 Å². The van der Waals surface area contributed by atoms with Crippen molar-refractivity contribution < 1.29 is 19.4 Å². The van der Waals surface area contributed by atoms with Crippen LogP contribution in [0.15, 0.2) is 34.7 Å². The first-order chi connectivity index (χ1) is 8.49. The Balaban J connectivity index is 2.37. The molecule has 2 rings (SSSR count). The fourth-order valence-corrected chi connectivity index (χ4v) is 1.82. The average Bonchev–Trinajstić information content (AvgIpc) is 2.81. The van der Waals surface area contributed by atoms with Gasteiger partial charge >= 0.3 is 5.97 Å². The van der Waals surface area contributed by atoms with E-state index in [4.69, 9.17) is 9.52 Å². The van der Waals surface area contributed by atoms with Crippen molar-refractivity contribution in [1.29, 1.82) is 0 Å². The lowest BCUT2D eigenvalue weighted by Gasteiger charge is -2.12. The van der Waals surface area contributed by atoms with Crippen LogP contribution in [0.25, 0.3) is 0 Å². The molecule has 1 aromatic carbocycles. The Bertz CT molecular complexity index is 583. The number of aromatic carboxylic acids is 1. The van der Waals surface area contributed by atoms with Gasteiger partial charge in [-0.15, -0.1) is 0 Å². The van der Waals surface area contributed by atoms with E-state index in [0.29, 0.717) is 0 Å². The van der Waals surface area contributed by atoms with Gasteiger partial charge in [0.15, 0.2) is 0 Å². The molecule has 0 saturated carbocycles. The monoisotopic (exact) mass is 246 g/mol. The molecular formula is C14H14O4. The van der Waals surface area contributed by atoms with Gasteiger partial charge in [0.25, 0.3) is 0 Å². The number of aryl methyl sites for hydroxylation is 2. The Hall–Kier alpha value is -2.07. The highest BCUT2D eigenvalue weighted by Gasteiger charge is 2.18. The summed E-state index contributed by atoms with van der Waals surface area (Å²) in [4.78, 5) is 10.7. The zero-order valence-corrected chi connectivity index (χ0v) is 10.2. The van der Waals surface area contributed by atoms with Gasteiger partial charge in [0.1, 0.15) is 11.9 Å². The van der Waals surface area contributed by atoms with Gasteiger partial charge in [-0.25, -0.2) is 4.79 Å². The molecule has 0 aliphatic rings. The summed E-state index contributed by atoms with van der Waals surface area (Å²) in [5.41, 5.74) is 2.68. The van der Waals surface area contributed by atoms with Crippen LogP contribution in [0.3, 0.4) is 0 Å². The number of aliphatic hydroxyl groups is 1. The SMILES string of the molecule is Cc1ccc(C)c(C(O)c2ccc(C(=O)O)o2)c1. The normalized spacial score (nSPS) is 12.4. The maximum Gasteiger partial charge on any atom is 0.371 e. The van der Waals surface area contributed by atoms with Gasteiger partial charge in [0.05, 0.1) is 0 Å². The number of furan rings is 1. The summed E-state index contributed by atoms with van der Waals surface area (Å²) in [5, 5.41) is 19.0. The van der Waals surface area contributed by atoms with Crippen molar-refractivity contribution in [2.24, 2.45) is 0 Å². The predicted molar refractivity (Wildman–Crippen MR) is 65.6 cm³/mol. The third-order valence-corrected chi connectivity index (χ3v) is 2.84. The number of aliphatic hydroxyl groups excluding tert-OH is 1. The largest absolute Gasteiger partial charge is 0.475 e. The molecule has 4 heteroatoms. The first kappa shape index (κ1) is 12.4. The second-order valence-electron chi connectivity index (χ2n) is 4.27. The molecule has 0 aliphatic heterocycles. The Morgan fingerprint density at radius 1 is 1.22 bits per heavy atom. The average molecular weight is 246 g/mol. The second-order valence-corrected chi connectivity index (χ2v) is 4.27. The molecule has 18 heavy (non-hydrogen) atoms. The van der Waals surface area contributed by atoms with E-state index in [1.54, 1.807) is 0 Å². The lowest BCUT2D eigenvalue weighted by Crippen LogP contribution is -2.01. The van der Waals surface area contributed by atoms with Crippen LogP contribution in [-0.4, -0.2) is 16.2 Å². The van der Waals surface area contributed by atoms with Crippen LogP contribution < -0.4 is 0 Å². The number of carboxylic acids is 1. The summed E-state index contributed by atoms with van der Waals surface area (Å²) in [7, 11) is 0. The van der Waals surface area contributed by atoms with Crippen molar-refractivity contribution in [3.05, 3.63) is 58.5 Å². The summed E-state index contributed by atoms with van der Waals surface area (Å²) in [6.45, 7) is 3.82. The van der Waals surface area contributed by atoms with Gasteiger partial charge in [0, 0.05) is 0 Å². The lowest BCUT2D eigenvalue weighted by atomic mass is 9.99. The van der Waals surface area contributed by atoms with Crippen molar-refractivity contribution in [3.63, 3.8) is 0 Å². The van der Waals surface area contributed by atoms with Crippen molar-refractivity contribution in [2.75, 3.05) is 0 Å². The molecule has 2 N–H and O–H groups in total. The molecule has 0 bridgehead atoms. The van der Waals surface area contributed by atoms with E-state index in [1.165, 1.54) is 12.1 Å². The molecule has 0 amide bonds. The standard InChI is InChI=1S/C14H14O4/c1-8-3-4-9(2)10(7-8)13(15)11-5-6-12(18-11)14(16)17/h3-7,13,15H,1-2H3,(H,16,17). The van der Waals surface area contributed by atoms with E-state index >= 15 is 0 Å². The summed E-state index contributed by atoms with van der Waals surface area (Å²) < 4.78 is 5.11. The molecule has 1 atom stereocenters. The van der Waals surface area contributed by atoms with Gasteiger partial charge in [-0.3, -0.25) is 0 Å². The Labute approximate surface area is 104 Å². The predicted octanol–water partition coefficient (Wildman–Crippen LogP) is 2.68. The number of carboxylic acid groups (broad SMARTS) is 1. The smallest absolute Gasteiger partial charge is 0.371 e. The molecule has 2 aromatic rings. The summed E-state index contributed by atoms with van der Waals surface area (Å²) in [6.07, 6.45) is -0.946. The maximum absolute atomic E-state index is 10.7. The van der Waals surface area contributed by atoms with Crippen LogP contribution in [0.1, 0.15) is 39.1 Å². The van der Waals surface area contributed by atoms with Crippen molar-refractivity contribution >= 4 is 5.97 Å². The van der Waals surface area contributed by atoms with E-state index in [2.05, 4.69) is 0 Å². The Morgan fingerprint density at radius 3 is 2.56 bits per heavy atom. The van der Waals surface area contributed by atoms with Crippen LogP contribution in [0, 0.1) is 13.8 Å². The van der Waals surface area contributed by atoms with Gasteiger partial charge in [-0.2, -0.15) is 0 Å². The van der Waals surface area contributed by atoms with Gasteiger partial charge in [-0.05, 0) is 37.1 Å². The highest BCUT2D eigenvalue weighted by Crippen LogP contribution is 2.27. The molecular weight excluding hydrogens is 232 g/mol. The third-order valence-electron chi connectivity index (χ3n) is 2.84. The second kappa shape index (κ2) is 4.66. The van der Waals surface area contributed by atoms with Crippen LogP contribution in [0.4, 0.5) is 0 Å². The van der Waals surface area contributed by atoms with E-state index in [0.717, 1.165) is 16.7 Å². The Morgan fingerprint density at radius 2 is 1.94 bits per heavy atom. The van der Waals surface area contributed by atoms with E-state index in [1.807, 2.05) is 32.0 Å². The number of benzene rings is 1. The zero-order chi connectivity index (χ0) is 13.3. The number of hydrogen-bond acceptors (Lipinski definition) is 3. The molecule has 0 spiro atoms. The van der Waals surface area contributed by atoms with Crippen LogP contribution in [-0.2, 0) is 0 Å². The first-order valence-electron chi connectivity index (χ1n) is 5.57. The minimum atomic E-state index is -1.14. The minimum absolute atomic E-state index is 0.172. The summed E-state index contributed by atoms with van der Waals surface area (Å²) in [5.74, 6) is -1.08. The minimum Gasteiger partial charge on any atom is -0.475 e. The first-order valence-corrected chi connectivity index (χ1v) is 5.57. The number of rotatable bonds is 3. The van der Waals surface area contributed by atoms with Crippen molar-refractivity contribution in [3.8, 4) is 0 Å². The van der Waals surface area contributed by atoms with E-state index < -0.39 is 12.1 Å². The Kier molecular flexibility index (Phi) is 3.21. The fraction of sp³-hybridized carbons (Fsp3) is 0.214. The summed E-state index contributed by atoms with van der Waals surface area (Å²) in [6, 6.07) is 8.55. The highest BCUT2D eigenvalue weighted by atomic mass is 16.4. The van der Waals surface area contributed by atoms with Crippen LogP contribution >= 0.6 is 0 Å². The highest BCUT2D eigenvalue weighted by molar-refractivity contribution is 5.84. The van der Waals surface area contributed by atoms with Crippen LogP contribution in [0.5, 0.6) is 0 Å². The molecule has 1 aromatic heterocycles. The fourth-order valence-electron chi connectivity index (χ4n) is 1.82. The van der Waals surface area contributed by atoms with Gasteiger partial charge in [-0.1, -0.05) is 23.8 Å². The molecule has 1 heterocycles. The van der Waals surface area contributed by atoms with Crippen LogP contribution in [0.2, 0.25) is 0 Å². The maximum atomic E-state index is 10.7. The van der Waals surface area contributed by atoms with Crippen molar-refractivity contribution in [1.82, 2.24) is 0 Å². The molecule has 0 fully saturated rings. The van der Waals surface area contributed by atoms with E-state index in [9.17, 15) is 9.90 Å². The van der Waals surface area contributed by atoms with Gasteiger partial charge < -0.3 is 14.6 Å². The number of carbonyl (C=O) groups is 1. The van der Waals surface area contributed by atoms with E-state index in [-0.39, 0.29) is 11.5 Å². The topological polar surface area (TPSA) is 70.7 Å². The molecule has 0 aliphatic carbocycles.